The molecule has 120 valence electrons. The Morgan fingerprint density at radius 1 is 1.22 bits per heavy atom. The molecule has 1 aromatic heterocycles. The molecule has 0 saturated carbocycles. The normalized spacial score (nSPS) is 17.3. The first-order valence-corrected chi connectivity index (χ1v) is 8.55. The highest BCUT2D eigenvalue weighted by atomic mass is 35.5. The molecule has 2 aromatic rings. The number of likely N-dealkylation sites (tertiary alicyclic amines) is 1. The van der Waals surface area contributed by atoms with Gasteiger partial charge in [0.25, 0.3) is 5.91 Å². The SMILES string of the molecule is COC(=O)c1ccc(C(=O)N2CCCC2c2ccccc2Cl)s1. The second-order valence-electron chi connectivity index (χ2n) is 5.33. The second kappa shape index (κ2) is 6.72. The molecule has 1 fully saturated rings. The molecular formula is C17H16ClNO3S. The standard InChI is InChI=1S/C17H16ClNO3S/c1-22-17(21)15-9-8-14(23-15)16(20)19-10-4-7-13(19)11-5-2-3-6-12(11)18/h2-3,5-6,8-9,13H,4,7,10H2,1H3. The number of benzene rings is 1. The Kier molecular flexibility index (Phi) is 4.68. The lowest BCUT2D eigenvalue weighted by Crippen LogP contribution is -2.30. The van der Waals surface area contributed by atoms with Gasteiger partial charge in [0.15, 0.2) is 0 Å². The van der Waals surface area contributed by atoms with Crippen LogP contribution in [-0.2, 0) is 4.74 Å². The van der Waals surface area contributed by atoms with Crippen LogP contribution in [0, 0.1) is 0 Å². The first-order chi connectivity index (χ1) is 11.1. The summed E-state index contributed by atoms with van der Waals surface area (Å²) in [5.41, 5.74) is 0.977. The molecule has 4 nitrogen and oxygen atoms in total. The highest BCUT2D eigenvalue weighted by Gasteiger charge is 2.32. The van der Waals surface area contributed by atoms with Gasteiger partial charge >= 0.3 is 5.97 Å². The summed E-state index contributed by atoms with van der Waals surface area (Å²) in [4.78, 5) is 27.2. The zero-order valence-electron chi connectivity index (χ0n) is 12.6. The van der Waals surface area contributed by atoms with Crippen LogP contribution in [0.5, 0.6) is 0 Å². The molecule has 1 aromatic carbocycles. The predicted octanol–water partition coefficient (Wildman–Crippen LogP) is 4.17. The fourth-order valence-corrected chi connectivity index (χ4v) is 4.03. The van der Waals surface area contributed by atoms with Gasteiger partial charge in [-0.15, -0.1) is 11.3 Å². The maximum absolute atomic E-state index is 12.8. The molecule has 1 aliphatic rings. The van der Waals surface area contributed by atoms with Crippen molar-refractivity contribution in [2.75, 3.05) is 13.7 Å². The van der Waals surface area contributed by atoms with Crippen molar-refractivity contribution < 1.29 is 14.3 Å². The summed E-state index contributed by atoms with van der Waals surface area (Å²) in [6.07, 6.45) is 1.83. The number of ether oxygens (including phenoxy) is 1. The van der Waals surface area contributed by atoms with Crippen molar-refractivity contribution in [2.24, 2.45) is 0 Å². The van der Waals surface area contributed by atoms with Gasteiger partial charge in [-0.25, -0.2) is 4.79 Å². The zero-order valence-corrected chi connectivity index (χ0v) is 14.2. The number of carbonyl (C=O) groups excluding carboxylic acids is 2. The van der Waals surface area contributed by atoms with Gasteiger partial charge in [-0.3, -0.25) is 4.79 Å². The van der Waals surface area contributed by atoms with Crippen LogP contribution in [0.1, 0.15) is 43.8 Å². The Balaban J connectivity index is 1.85. The lowest BCUT2D eigenvalue weighted by molar-refractivity contribution is 0.0606. The van der Waals surface area contributed by atoms with Crippen molar-refractivity contribution in [3.63, 3.8) is 0 Å². The monoisotopic (exact) mass is 349 g/mol. The van der Waals surface area contributed by atoms with Gasteiger partial charge in [-0.1, -0.05) is 29.8 Å². The first-order valence-electron chi connectivity index (χ1n) is 7.35. The molecule has 23 heavy (non-hydrogen) atoms. The van der Waals surface area contributed by atoms with E-state index in [1.54, 1.807) is 12.1 Å². The molecule has 0 N–H and O–H groups in total. The Hall–Kier alpha value is -1.85. The van der Waals surface area contributed by atoms with Gasteiger partial charge in [-0.2, -0.15) is 0 Å². The Bertz CT molecular complexity index is 743. The number of carbonyl (C=O) groups is 2. The van der Waals surface area contributed by atoms with Crippen LogP contribution in [0.4, 0.5) is 0 Å². The largest absolute Gasteiger partial charge is 0.465 e. The summed E-state index contributed by atoms with van der Waals surface area (Å²) >= 11 is 7.45. The fraction of sp³-hybridized carbons (Fsp3) is 0.294. The van der Waals surface area contributed by atoms with E-state index in [-0.39, 0.29) is 11.9 Å². The van der Waals surface area contributed by atoms with E-state index in [9.17, 15) is 9.59 Å². The highest BCUT2D eigenvalue weighted by molar-refractivity contribution is 7.15. The molecule has 1 aliphatic heterocycles. The van der Waals surface area contributed by atoms with Gasteiger partial charge in [0, 0.05) is 11.6 Å². The second-order valence-corrected chi connectivity index (χ2v) is 6.82. The number of methoxy groups -OCH3 is 1. The predicted molar refractivity (Wildman–Crippen MR) is 90.1 cm³/mol. The van der Waals surface area contributed by atoms with E-state index in [2.05, 4.69) is 0 Å². The lowest BCUT2D eigenvalue weighted by Gasteiger charge is -2.25. The number of hydrogen-bond donors (Lipinski definition) is 0. The van der Waals surface area contributed by atoms with Gasteiger partial charge in [0.05, 0.1) is 18.0 Å². The van der Waals surface area contributed by atoms with Gasteiger partial charge < -0.3 is 9.64 Å². The molecule has 0 spiro atoms. The number of esters is 1. The molecule has 1 saturated heterocycles. The third kappa shape index (κ3) is 3.12. The average Bonchev–Trinajstić information content (AvgIpc) is 3.23. The average molecular weight is 350 g/mol. The van der Waals surface area contributed by atoms with Gasteiger partial charge in [0.1, 0.15) is 4.88 Å². The third-order valence-electron chi connectivity index (χ3n) is 3.98. The highest BCUT2D eigenvalue weighted by Crippen LogP contribution is 2.37. The van der Waals surface area contributed by atoms with E-state index in [0.717, 1.165) is 29.7 Å². The summed E-state index contributed by atoms with van der Waals surface area (Å²) in [6, 6.07) is 10.9. The maximum Gasteiger partial charge on any atom is 0.348 e. The molecule has 0 aliphatic carbocycles. The summed E-state index contributed by atoms with van der Waals surface area (Å²) in [6.45, 7) is 0.695. The van der Waals surface area contributed by atoms with Crippen LogP contribution in [-0.4, -0.2) is 30.4 Å². The molecule has 3 rings (SSSR count). The Morgan fingerprint density at radius 2 is 1.96 bits per heavy atom. The fourth-order valence-electron chi connectivity index (χ4n) is 2.88. The van der Waals surface area contributed by atoms with Crippen molar-refractivity contribution in [3.8, 4) is 0 Å². The molecule has 0 radical (unpaired) electrons. The van der Waals surface area contributed by atoms with E-state index in [1.165, 1.54) is 7.11 Å². The van der Waals surface area contributed by atoms with Crippen LogP contribution < -0.4 is 0 Å². The minimum Gasteiger partial charge on any atom is -0.465 e. The molecule has 0 bridgehead atoms. The Morgan fingerprint density at radius 3 is 2.70 bits per heavy atom. The van der Waals surface area contributed by atoms with Crippen molar-refractivity contribution >= 4 is 34.8 Å². The Labute approximate surface area is 143 Å². The third-order valence-corrected chi connectivity index (χ3v) is 5.38. The van der Waals surface area contributed by atoms with Crippen LogP contribution >= 0.6 is 22.9 Å². The number of halogens is 1. The maximum atomic E-state index is 12.8. The van der Waals surface area contributed by atoms with Crippen LogP contribution in [0.3, 0.4) is 0 Å². The molecule has 6 heteroatoms. The number of hydrogen-bond acceptors (Lipinski definition) is 4. The van der Waals surface area contributed by atoms with E-state index >= 15 is 0 Å². The summed E-state index contributed by atoms with van der Waals surface area (Å²) in [7, 11) is 1.33. The topological polar surface area (TPSA) is 46.6 Å². The van der Waals surface area contributed by atoms with E-state index in [1.807, 2.05) is 29.2 Å². The lowest BCUT2D eigenvalue weighted by atomic mass is 10.0. The summed E-state index contributed by atoms with van der Waals surface area (Å²) in [5.74, 6) is -0.481. The van der Waals surface area contributed by atoms with E-state index in [4.69, 9.17) is 16.3 Å². The number of rotatable bonds is 3. The van der Waals surface area contributed by atoms with Gasteiger partial charge in [0.2, 0.25) is 0 Å². The number of amides is 1. The number of nitrogens with zero attached hydrogens (tertiary/aromatic N) is 1. The van der Waals surface area contributed by atoms with Crippen LogP contribution in [0.2, 0.25) is 5.02 Å². The summed E-state index contributed by atoms with van der Waals surface area (Å²) in [5, 5.41) is 0.679. The number of thiophene rings is 1. The van der Waals surface area contributed by atoms with E-state index in [0.29, 0.717) is 21.3 Å². The first kappa shape index (κ1) is 16.0. The molecule has 2 heterocycles. The zero-order chi connectivity index (χ0) is 16.4. The van der Waals surface area contributed by atoms with Crippen molar-refractivity contribution in [3.05, 3.63) is 56.7 Å². The molecule has 1 unspecified atom stereocenters. The van der Waals surface area contributed by atoms with Crippen molar-refractivity contribution in [2.45, 2.75) is 18.9 Å². The quantitative estimate of drug-likeness (QED) is 0.781. The van der Waals surface area contributed by atoms with Gasteiger partial charge in [-0.05, 0) is 36.6 Å². The van der Waals surface area contributed by atoms with Crippen molar-refractivity contribution in [1.29, 1.82) is 0 Å². The minimum absolute atomic E-state index is 0.0140. The van der Waals surface area contributed by atoms with Crippen LogP contribution in [0.15, 0.2) is 36.4 Å². The molecular weight excluding hydrogens is 334 g/mol. The van der Waals surface area contributed by atoms with Crippen LogP contribution in [0.25, 0.3) is 0 Å². The molecule has 1 amide bonds. The van der Waals surface area contributed by atoms with Crippen molar-refractivity contribution in [1.82, 2.24) is 4.90 Å². The summed E-state index contributed by atoms with van der Waals surface area (Å²) < 4.78 is 4.69. The smallest absolute Gasteiger partial charge is 0.348 e. The molecule has 1 atom stereocenters. The van der Waals surface area contributed by atoms with E-state index < -0.39 is 5.97 Å². The minimum atomic E-state index is -0.418.